The molecular weight excluding hydrogens is 364 g/mol. The molecule has 1 aromatic heterocycles. The van der Waals surface area contributed by atoms with Gasteiger partial charge < -0.3 is 5.32 Å². The fraction of sp³-hybridized carbons (Fsp3) is 0.667. The van der Waals surface area contributed by atoms with Gasteiger partial charge in [-0.25, -0.2) is 4.98 Å². The van der Waals surface area contributed by atoms with Crippen LogP contribution in [-0.4, -0.2) is 10.9 Å². The van der Waals surface area contributed by atoms with Gasteiger partial charge in [0, 0.05) is 11.1 Å². The van der Waals surface area contributed by atoms with Crippen molar-refractivity contribution in [2.45, 2.75) is 72.6 Å². The Bertz CT molecular complexity index is 826. The molecule has 3 aliphatic rings. The summed E-state index contributed by atoms with van der Waals surface area (Å²) >= 11 is 1.56. The van der Waals surface area contributed by atoms with E-state index in [4.69, 9.17) is 0 Å². The van der Waals surface area contributed by atoms with Gasteiger partial charge in [0.05, 0.1) is 5.41 Å². The minimum atomic E-state index is -0.326. The van der Waals surface area contributed by atoms with Crippen LogP contribution in [0.4, 0.5) is 5.13 Å². The monoisotopic (exact) mass is 398 g/mol. The molecule has 0 saturated heterocycles. The summed E-state index contributed by atoms with van der Waals surface area (Å²) in [5, 5.41) is 3.89. The predicted molar refractivity (Wildman–Crippen MR) is 117 cm³/mol. The molecule has 4 rings (SSSR count). The Hall–Kier alpha value is -1.42. The Labute approximate surface area is 173 Å². The highest BCUT2D eigenvalue weighted by Gasteiger charge is 2.57. The third kappa shape index (κ3) is 3.08. The van der Waals surface area contributed by atoms with Gasteiger partial charge in [-0.3, -0.25) is 4.79 Å². The maximum absolute atomic E-state index is 13.4. The number of carbonyl (C=O) groups excluding carboxylic acids is 1. The standard InChI is InChI=1S/C24H34N2OS/c1-6-22(3)13-10-18-17(14-22)8-9-19-23(18,4)11-7-12-24(19,5)20(27)26-21-25-15-16(2)28-21/h6,8,15,18-19H,1,7,9-14H2,2-5H3,(H,25,26,27). The molecule has 1 N–H and O–H groups in total. The van der Waals surface area contributed by atoms with E-state index in [-0.39, 0.29) is 22.2 Å². The van der Waals surface area contributed by atoms with Gasteiger partial charge in [0.25, 0.3) is 0 Å². The molecule has 1 aromatic rings. The molecule has 1 heterocycles. The lowest BCUT2D eigenvalue weighted by Gasteiger charge is -2.59. The molecule has 2 saturated carbocycles. The molecule has 2 fully saturated rings. The predicted octanol–water partition coefficient (Wildman–Crippen LogP) is 6.53. The Balaban J connectivity index is 1.62. The van der Waals surface area contributed by atoms with Crippen LogP contribution in [0, 0.1) is 35.0 Å². The quantitative estimate of drug-likeness (QED) is 0.588. The third-order valence-electron chi connectivity index (χ3n) is 8.30. The summed E-state index contributed by atoms with van der Waals surface area (Å²) in [6, 6.07) is 0. The van der Waals surface area contributed by atoms with Gasteiger partial charge in [0.15, 0.2) is 5.13 Å². The molecule has 5 atom stereocenters. The number of allylic oxidation sites excluding steroid dienone is 3. The Morgan fingerprint density at radius 2 is 2.11 bits per heavy atom. The van der Waals surface area contributed by atoms with E-state index in [0.717, 1.165) is 35.7 Å². The molecule has 1 amide bonds. The number of fused-ring (bicyclic) bond motifs is 3. The van der Waals surface area contributed by atoms with Crippen LogP contribution in [0.25, 0.3) is 0 Å². The van der Waals surface area contributed by atoms with Crippen molar-refractivity contribution in [1.82, 2.24) is 4.98 Å². The topological polar surface area (TPSA) is 42.0 Å². The fourth-order valence-corrected chi connectivity index (χ4v) is 7.19. The molecular formula is C24H34N2OS. The minimum absolute atomic E-state index is 0.168. The van der Waals surface area contributed by atoms with Crippen molar-refractivity contribution in [3.63, 3.8) is 0 Å². The highest BCUT2D eigenvalue weighted by Crippen LogP contribution is 2.63. The van der Waals surface area contributed by atoms with Crippen LogP contribution in [0.15, 0.2) is 30.5 Å². The highest BCUT2D eigenvalue weighted by molar-refractivity contribution is 7.15. The van der Waals surface area contributed by atoms with E-state index in [2.05, 4.69) is 49.8 Å². The lowest BCUT2D eigenvalue weighted by atomic mass is 9.45. The summed E-state index contributed by atoms with van der Waals surface area (Å²) in [6.07, 6.45) is 14.4. The molecule has 3 nitrogen and oxygen atoms in total. The first-order valence-corrected chi connectivity index (χ1v) is 11.6. The Morgan fingerprint density at radius 1 is 1.32 bits per heavy atom. The second-order valence-corrected chi connectivity index (χ2v) is 11.4. The second kappa shape index (κ2) is 6.83. The van der Waals surface area contributed by atoms with Crippen LogP contribution in [-0.2, 0) is 4.79 Å². The first-order valence-electron chi connectivity index (χ1n) is 10.8. The zero-order valence-electron chi connectivity index (χ0n) is 17.8. The second-order valence-electron chi connectivity index (χ2n) is 10.2. The lowest BCUT2D eigenvalue weighted by Crippen LogP contribution is -2.55. The van der Waals surface area contributed by atoms with Crippen molar-refractivity contribution in [3.05, 3.63) is 35.4 Å². The van der Waals surface area contributed by atoms with Gasteiger partial charge in [0.1, 0.15) is 0 Å². The van der Waals surface area contributed by atoms with Gasteiger partial charge in [-0.1, -0.05) is 44.9 Å². The maximum Gasteiger partial charge on any atom is 0.232 e. The zero-order chi connectivity index (χ0) is 20.2. The van der Waals surface area contributed by atoms with Crippen LogP contribution < -0.4 is 5.32 Å². The van der Waals surface area contributed by atoms with E-state index in [1.54, 1.807) is 16.9 Å². The van der Waals surface area contributed by atoms with Gasteiger partial charge >= 0.3 is 0 Å². The van der Waals surface area contributed by atoms with Crippen LogP contribution in [0.3, 0.4) is 0 Å². The molecule has 0 aliphatic heterocycles. The first-order chi connectivity index (χ1) is 13.2. The molecule has 28 heavy (non-hydrogen) atoms. The van der Waals surface area contributed by atoms with E-state index < -0.39 is 0 Å². The van der Waals surface area contributed by atoms with E-state index in [1.807, 2.05) is 13.1 Å². The van der Waals surface area contributed by atoms with Gasteiger partial charge in [-0.2, -0.15) is 0 Å². The number of aromatic nitrogens is 1. The van der Waals surface area contributed by atoms with Crippen molar-refractivity contribution in [1.29, 1.82) is 0 Å². The SMILES string of the molecule is C=CC1(C)CCC2C(=CCC3C(C)(C(=O)Nc4ncc(C)s4)CCCC23C)C1. The number of thiazole rings is 1. The number of nitrogens with one attached hydrogen (secondary N) is 1. The van der Waals surface area contributed by atoms with Crippen LogP contribution in [0.5, 0.6) is 0 Å². The summed E-state index contributed by atoms with van der Waals surface area (Å²) in [4.78, 5) is 18.9. The normalized spacial score (nSPS) is 40.1. The van der Waals surface area contributed by atoms with Crippen molar-refractivity contribution in [2.75, 3.05) is 5.32 Å². The fourth-order valence-electron chi connectivity index (χ4n) is 6.53. The van der Waals surface area contributed by atoms with E-state index in [1.165, 1.54) is 19.3 Å². The zero-order valence-corrected chi connectivity index (χ0v) is 18.6. The number of hydrogen-bond acceptors (Lipinski definition) is 3. The molecule has 152 valence electrons. The number of aryl methyl sites for hydroxylation is 1. The number of amides is 1. The molecule has 4 heteroatoms. The van der Waals surface area contributed by atoms with Crippen molar-refractivity contribution in [2.24, 2.45) is 28.1 Å². The number of carbonyl (C=O) groups is 1. The highest BCUT2D eigenvalue weighted by atomic mass is 32.1. The minimum Gasteiger partial charge on any atom is -0.301 e. The smallest absolute Gasteiger partial charge is 0.232 e. The van der Waals surface area contributed by atoms with E-state index in [0.29, 0.717) is 11.8 Å². The van der Waals surface area contributed by atoms with Crippen LogP contribution in [0.2, 0.25) is 0 Å². The molecule has 0 spiro atoms. The van der Waals surface area contributed by atoms with Crippen molar-refractivity contribution < 1.29 is 4.79 Å². The van der Waals surface area contributed by atoms with Gasteiger partial charge in [-0.05, 0) is 68.1 Å². The summed E-state index contributed by atoms with van der Waals surface area (Å²) in [7, 11) is 0. The Kier molecular flexibility index (Phi) is 4.85. The van der Waals surface area contributed by atoms with Crippen molar-refractivity contribution >= 4 is 22.4 Å². The van der Waals surface area contributed by atoms with Gasteiger partial charge in [-0.15, -0.1) is 17.9 Å². The summed E-state index contributed by atoms with van der Waals surface area (Å²) in [5.41, 5.74) is 1.76. The summed E-state index contributed by atoms with van der Waals surface area (Å²) in [5.74, 6) is 1.19. The van der Waals surface area contributed by atoms with Crippen LogP contribution >= 0.6 is 11.3 Å². The average Bonchev–Trinajstić information content (AvgIpc) is 3.06. The number of nitrogens with zero attached hydrogens (tertiary/aromatic N) is 1. The lowest BCUT2D eigenvalue weighted by molar-refractivity contribution is -0.139. The summed E-state index contributed by atoms with van der Waals surface area (Å²) in [6.45, 7) is 13.2. The molecule has 0 aromatic carbocycles. The molecule has 0 radical (unpaired) electrons. The maximum atomic E-state index is 13.4. The van der Waals surface area contributed by atoms with E-state index >= 15 is 0 Å². The summed E-state index contributed by atoms with van der Waals surface area (Å²) < 4.78 is 0. The Morgan fingerprint density at radius 3 is 2.79 bits per heavy atom. The molecule has 5 unspecified atom stereocenters. The largest absolute Gasteiger partial charge is 0.301 e. The van der Waals surface area contributed by atoms with Gasteiger partial charge in [0.2, 0.25) is 5.91 Å². The molecule has 0 bridgehead atoms. The first kappa shape index (κ1) is 19.9. The van der Waals surface area contributed by atoms with E-state index in [9.17, 15) is 4.79 Å². The third-order valence-corrected chi connectivity index (χ3v) is 9.13. The average molecular weight is 399 g/mol. The number of anilines is 1. The number of rotatable bonds is 3. The van der Waals surface area contributed by atoms with Crippen molar-refractivity contribution in [3.8, 4) is 0 Å². The van der Waals surface area contributed by atoms with Crippen LogP contribution in [0.1, 0.15) is 70.6 Å². The number of hydrogen-bond donors (Lipinski definition) is 1. The molecule has 3 aliphatic carbocycles.